The molecule has 5 nitrogen and oxygen atoms in total. The molecule has 0 fully saturated rings. The molecule has 0 unspecified atom stereocenters. The van der Waals surface area contributed by atoms with Crippen molar-refractivity contribution >= 4 is 35.0 Å². The fraction of sp³-hybridized carbons (Fsp3) is 0.211. The molecule has 1 N–H and O–H groups in total. The van der Waals surface area contributed by atoms with Crippen molar-refractivity contribution in [1.29, 1.82) is 0 Å². The Hall–Kier alpha value is -2.31. The van der Waals surface area contributed by atoms with Gasteiger partial charge in [0, 0.05) is 10.7 Å². The van der Waals surface area contributed by atoms with E-state index >= 15 is 0 Å². The van der Waals surface area contributed by atoms with Gasteiger partial charge in [-0.15, -0.1) is 10.2 Å². The standard InChI is InChI=1S/C19H19ClN4OS/c1-12-7-4-5-10-17(12)24-14(3)22-23-19(24)26-11-18(25)21-16-9-6-8-15(20)13(16)2/h4-10H,11H2,1-3H3,(H,21,25). The average molecular weight is 387 g/mol. The third kappa shape index (κ3) is 3.92. The first-order valence-corrected chi connectivity index (χ1v) is 9.49. The molecule has 0 aliphatic rings. The van der Waals surface area contributed by atoms with Crippen molar-refractivity contribution < 1.29 is 4.79 Å². The summed E-state index contributed by atoms with van der Waals surface area (Å²) < 4.78 is 1.97. The van der Waals surface area contributed by atoms with Crippen LogP contribution < -0.4 is 5.32 Å². The number of aromatic nitrogens is 3. The molecule has 1 amide bonds. The minimum absolute atomic E-state index is 0.114. The lowest BCUT2D eigenvalue weighted by Crippen LogP contribution is -2.15. The fourth-order valence-corrected chi connectivity index (χ4v) is 3.55. The highest BCUT2D eigenvalue weighted by Crippen LogP contribution is 2.25. The van der Waals surface area contributed by atoms with Crippen LogP contribution >= 0.6 is 23.4 Å². The van der Waals surface area contributed by atoms with E-state index in [1.54, 1.807) is 6.07 Å². The summed E-state index contributed by atoms with van der Waals surface area (Å²) in [6.45, 7) is 5.82. The van der Waals surface area contributed by atoms with Crippen molar-refractivity contribution in [2.45, 2.75) is 25.9 Å². The summed E-state index contributed by atoms with van der Waals surface area (Å²) in [5, 5.41) is 12.6. The number of aryl methyl sites for hydroxylation is 2. The topological polar surface area (TPSA) is 59.8 Å². The minimum Gasteiger partial charge on any atom is -0.325 e. The number of carbonyl (C=O) groups excluding carboxylic acids is 1. The number of anilines is 1. The Morgan fingerprint density at radius 2 is 1.88 bits per heavy atom. The molecule has 0 bridgehead atoms. The Bertz CT molecular complexity index is 954. The number of carbonyl (C=O) groups is 1. The Morgan fingerprint density at radius 3 is 2.65 bits per heavy atom. The lowest BCUT2D eigenvalue weighted by Gasteiger charge is -2.12. The molecule has 1 aromatic heterocycles. The Balaban J connectivity index is 1.74. The minimum atomic E-state index is -0.114. The van der Waals surface area contributed by atoms with Gasteiger partial charge in [0.1, 0.15) is 5.82 Å². The zero-order valence-electron chi connectivity index (χ0n) is 14.8. The van der Waals surface area contributed by atoms with Crippen LogP contribution in [0.3, 0.4) is 0 Å². The zero-order valence-corrected chi connectivity index (χ0v) is 16.4. The van der Waals surface area contributed by atoms with Gasteiger partial charge in [0.15, 0.2) is 5.16 Å². The normalized spacial score (nSPS) is 10.8. The summed E-state index contributed by atoms with van der Waals surface area (Å²) in [7, 11) is 0. The molecular weight excluding hydrogens is 368 g/mol. The maximum absolute atomic E-state index is 12.3. The van der Waals surface area contributed by atoms with Gasteiger partial charge in [-0.25, -0.2) is 0 Å². The first kappa shape index (κ1) is 18.5. The summed E-state index contributed by atoms with van der Waals surface area (Å²) in [5.41, 5.74) is 3.71. The lowest BCUT2D eigenvalue weighted by molar-refractivity contribution is -0.113. The SMILES string of the molecule is Cc1ccccc1-n1c(C)nnc1SCC(=O)Nc1cccc(Cl)c1C. The number of para-hydroxylation sites is 1. The van der Waals surface area contributed by atoms with E-state index in [1.807, 2.05) is 61.7 Å². The molecule has 0 saturated heterocycles. The van der Waals surface area contributed by atoms with Gasteiger partial charge >= 0.3 is 0 Å². The Kier molecular flexibility index (Phi) is 5.64. The number of hydrogen-bond donors (Lipinski definition) is 1. The number of benzene rings is 2. The van der Waals surface area contributed by atoms with Crippen LogP contribution in [0.5, 0.6) is 0 Å². The monoisotopic (exact) mass is 386 g/mol. The number of hydrogen-bond acceptors (Lipinski definition) is 4. The zero-order chi connectivity index (χ0) is 18.7. The van der Waals surface area contributed by atoms with Crippen molar-refractivity contribution in [2.24, 2.45) is 0 Å². The highest BCUT2D eigenvalue weighted by molar-refractivity contribution is 7.99. The number of nitrogens with one attached hydrogen (secondary N) is 1. The van der Waals surface area contributed by atoms with E-state index in [-0.39, 0.29) is 11.7 Å². The molecule has 134 valence electrons. The van der Waals surface area contributed by atoms with Crippen molar-refractivity contribution in [3.8, 4) is 5.69 Å². The molecule has 0 aliphatic carbocycles. The molecule has 3 rings (SSSR count). The summed E-state index contributed by atoms with van der Waals surface area (Å²) in [6, 6.07) is 13.5. The molecule has 2 aromatic carbocycles. The number of thioether (sulfide) groups is 1. The molecule has 0 saturated carbocycles. The molecule has 0 radical (unpaired) electrons. The molecule has 1 heterocycles. The van der Waals surface area contributed by atoms with Gasteiger partial charge in [-0.2, -0.15) is 0 Å². The first-order valence-electron chi connectivity index (χ1n) is 8.13. The highest BCUT2D eigenvalue weighted by Gasteiger charge is 2.15. The van der Waals surface area contributed by atoms with Crippen LogP contribution in [0.4, 0.5) is 5.69 Å². The second-order valence-electron chi connectivity index (χ2n) is 5.90. The highest BCUT2D eigenvalue weighted by atomic mass is 35.5. The Labute approximate surface area is 161 Å². The summed E-state index contributed by atoms with van der Waals surface area (Å²) in [4.78, 5) is 12.3. The molecule has 0 spiro atoms. The van der Waals surface area contributed by atoms with Crippen LogP contribution in [-0.4, -0.2) is 26.4 Å². The first-order chi connectivity index (χ1) is 12.5. The number of halogens is 1. The third-order valence-electron chi connectivity index (χ3n) is 4.03. The van der Waals surface area contributed by atoms with Gasteiger partial charge in [0.2, 0.25) is 5.91 Å². The summed E-state index contributed by atoms with van der Waals surface area (Å²) >= 11 is 7.45. The largest absolute Gasteiger partial charge is 0.325 e. The van der Waals surface area contributed by atoms with E-state index in [4.69, 9.17) is 11.6 Å². The van der Waals surface area contributed by atoms with Crippen LogP contribution in [0.2, 0.25) is 5.02 Å². The second-order valence-corrected chi connectivity index (χ2v) is 7.25. The van der Waals surface area contributed by atoms with Crippen LogP contribution in [0.15, 0.2) is 47.6 Å². The number of amides is 1. The average Bonchev–Trinajstić information content (AvgIpc) is 2.98. The summed E-state index contributed by atoms with van der Waals surface area (Å²) in [5.74, 6) is 0.904. The molecule has 3 aromatic rings. The van der Waals surface area contributed by atoms with Gasteiger partial charge in [-0.1, -0.05) is 47.6 Å². The van der Waals surface area contributed by atoms with E-state index in [2.05, 4.69) is 15.5 Å². The van der Waals surface area contributed by atoms with Crippen LogP contribution in [0.25, 0.3) is 5.69 Å². The Morgan fingerprint density at radius 1 is 1.12 bits per heavy atom. The smallest absolute Gasteiger partial charge is 0.234 e. The lowest BCUT2D eigenvalue weighted by atomic mass is 10.2. The van der Waals surface area contributed by atoms with Crippen molar-refractivity contribution in [1.82, 2.24) is 14.8 Å². The van der Waals surface area contributed by atoms with E-state index in [1.165, 1.54) is 11.8 Å². The second kappa shape index (κ2) is 7.93. The van der Waals surface area contributed by atoms with Gasteiger partial charge < -0.3 is 5.32 Å². The molecule has 26 heavy (non-hydrogen) atoms. The summed E-state index contributed by atoms with van der Waals surface area (Å²) in [6.07, 6.45) is 0. The van der Waals surface area contributed by atoms with E-state index in [0.29, 0.717) is 10.2 Å². The molecule has 0 atom stereocenters. The predicted octanol–water partition coefficient (Wildman–Crippen LogP) is 4.58. The van der Waals surface area contributed by atoms with Crippen molar-refractivity contribution in [2.75, 3.05) is 11.1 Å². The quantitative estimate of drug-likeness (QED) is 0.652. The van der Waals surface area contributed by atoms with Gasteiger partial charge in [0.05, 0.1) is 11.4 Å². The number of nitrogens with zero attached hydrogens (tertiary/aromatic N) is 3. The fourth-order valence-electron chi connectivity index (χ4n) is 2.59. The molecule has 0 aliphatic heterocycles. The van der Waals surface area contributed by atoms with Crippen LogP contribution in [0, 0.1) is 20.8 Å². The van der Waals surface area contributed by atoms with E-state index in [0.717, 1.165) is 28.3 Å². The number of rotatable bonds is 5. The van der Waals surface area contributed by atoms with Crippen molar-refractivity contribution in [3.63, 3.8) is 0 Å². The molecule has 7 heteroatoms. The van der Waals surface area contributed by atoms with E-state index in [9.17, 15) is 4.79 Å². The van der Waals surface area contributed by atoms with Crippen molar-refractivity contribution in [3.05, 3.63) is 64.4 Å². The van der Waals surface area contributed by atoms with Gasteiger partial charge in [-0.05, 0) is 50.1 Å². The van der Waals surface area contributed by atoms with Crippen LogP contribution in [-0.2, 0) is 4.79 Å². The van der Waals surface area contributed by atoms with Crippen LogP contribution in [0.1, 0.15) is 17.0 Å². The maximum atomic E-state index is 12.3. The maximum Gasteiger partial charge on any atom is 0.234 e. The predicted molar refractivity (Wildman–Crippen MR) is 106 cm³/mol. The van der Waals surface area contributed by atoms with E-state index < -0.39 is 0 Å². The third-order valence-corrected chi connectivity index (χ3v) is 5.36. The van der Waals surface area contributed by atoms with Gasteiger partial charge in [0.25, 0.3) is 0 Å². The molecular formula is C19H19ClN4OS. The van der Waals surface area contributed by atoms with Gasteiger partial charge in [-0.3, -0.25) is 9.36 Å².